The van der Waals surface area contributed by atoms with Crippen LogP contribution in [-0.2, 0) is 25.7 Å². The number of hydrogen-bond acceptors (Lipinski definition) is 8. The minimum Gasteiger partial charge on any atom is -0.456 e. The van der Waals surface area contributed by atoms with Crippen molar-refractivity contribution in [3.63, 3.8) is 0 Å². The maximum absolute atomic E-state index is 11.6. The number of fused-ring (bicyclic) bond motifs is 2. The van der Waals surface area contributed by atoms with Gasteiger partial charge in [-0.05, 0) is 140 Å². The summed E-state index contributed by atoms with van der Waals surface area (Å²) in [6.07, 6.45) is 12.2. The Balaban J connectivity index is 0.000000179. The Labute approximate surface area is 346 Å². The van der Waals surface area contributed by atoms with Gasteiger partial charge >= 0.3 is 0 Å². The Kier molecular flexibility index (Phi) is 14.1. The fraction of sp³-hybridized carbons (Fsp3) is 0.265. The lowest BCUT2D eigenvalue weighted by Gasteiger charge is -2.26. The average Bonchev–Trinajstić information content (AvgIpc) is 3.67. The fourth-order valence-electron chi connectivity index (χ4n) is 7.91. The number of ether oxygens (including phenoxy) is 2. The van der Waals surface area contributed by atoms with Crippen molar-refractivity contribution in [2.24, 2.45) is 11.5 Å². The lowest BCUT2D eigenvalue weighted by Crippen LogP contribution is -2.26. The summed E-state index contributed by atoms with van der Waals surface area (Å²) < 4.78 is 11.8. The number of nitrogens with one attached hydrogen (secondary N) is 2. The molecule has 8 rings (SSSR count). The molecule has 0 aliphatic heterocycles. The molecular weight excluding hydrogens is 737 g/mol. The van der Waals surface area contributed by atoms with Crippen molar-refractivity contribution in [1.29, 1.82) is 0 Å². The highest BCUT2D eigenvalue weighted by Crippen LogP contribution is 2.37. The first-order valence-corrected chi connectivity index (χ1v) is 20.5. The van der Waals surface area contributed by atoms with Crippen LogP contribution in [0.25, 0.3) is 0 Å². The zero-order valence-corrected chi connectivity index (χ0v) is 33.3. The lowest BCUT2D eigenvalue weighted by molar-refractivity contribution is 0.0990. The summed E-state index contributed by atoms with van der Waals surface area (Å²) in [6.45, 7) is 3.90. The van der Waals surface area contributed by atoms with Crippen molar-refractivity contribution in [2.45, 2.75) is 56.8 Å². The Morgan fingerprint density at radius 1 is 0.644 bits per heavy atom. The van der Waals surface area contributed by atoms with Gasteiger partial charge in [-0.25, -0.2) is 4.98 Å². The van der Waals surface area contributed by atoms with E-state index in [1.54, 1.807) is 24.4 Å². The Morgan fingerprint density at radius 3 is 1.98 bits per heavy atom. The lowest BCUT2D eigenvalue weighted by atomic mass is 9.82. The fourth-order valence-corrected chi connectivity index (χ4v) is 7.91. The number of nitrogens with zero attached hydrogens (tertiary/aromatic N) is 2. The van der Waals surface area contributed by atoms with Crippen molar-refractivity contribution >= 4 is 11.8 Å². The molecule has 2 heterocycles. The number of hydrogen-bond donors (Lipinski definition) is 4. The molecule has 2 aliphatic rings. The van der Waals surface area contributed by atoms with Crippen LogP contribution in [0.2, 0.25) is 0 Å². The first-order chi connectivity index (χ1) is 28.9. The van der Waals surface area contributed by atoms with Crippen LogP contribution in [0, 0.1) is 0 Å². The highest BCUT2D eigenvalue weighted by molar-refractivity contribution is 5.95. The molecule has 2 aliphatic carbocycles. The number of rotatable bonds is 16. The molecule has 6 aromatic rings. The third-order valence-corrected chi connectivity index (χ3v) is 11.0. The first-order valence-electron chi connectivity index (χ1n) is 20.5. The molecule has 2 amide bonds. The summed E-state index contributed by atoms with van der Waals surface area (Å²) in [4.78, 5) is 30.9. The summed E-state index contributed by atoms with van der Waals surface area (Å²) in [5.74, 6) is 2.34. The van der Waals surface area contributed by atoms with E-state index in [2.05, 4.69) is 99.5 Å². The summed E-state index contributed by atoms with van der Waals surface area (Å²) in [5, 5.41) is 7.23. The second kappa shape index (κ2) is 20.4. The van der Waals surface area contributed by atoms with Gasteiger partial charge in [0.05, 0.1) is 5.56 Å². The van der Waals surface area contributed by atoms with Gasteiger partial charge in [-0.1, -0.05) is 72.8 Å². The van der Waals surface area contributed by atoms with Crippen LogP contribution < -0.4 is 31.6 Å². The van der Waals surface area contributed by atoms with Crippen LogP contribution in [0.1, 0.15) is 85.2 Å². The van der Waals surface area contributed by atoms with Crippen molar-refractivity contribution in [1.82, 2.24) is 20.6 Å². The number of pyridine rings is 2. The van der Waals surface area contributed by atoms with Gasteiger partial charge in [0.2, 0.25) is 11.8 Å². The van der Waals surface area contributed by atoms with Crippen LogP contribution in [-0.4, -0.2) is 48.0 Å². The zero-order valence-electron chi connectivity index (χ0n) is 33.3. The van der Waals surface area contributed by atoms with E-state index in [1.807, 2.05) is 18.2 Å². The van der Waals surface area contributed by atoms with Crippen molar-refractivity contribution in [3.8, 4) is 23.1 Å². The van der Waals surface area contributed by atoms with E-state index in [0.29, 0.717) is 29.0 Å². The Bertz CT molecular complexity index is 2300. The molecule has 0 saturated heterocycles. The van der Waals surface area contributed by atoms with Gasteiger partial charge in [0, 0.05) is 37.7 Å². The van der Waals surface area contributed by atoms with Crippen LogP contribution in [0.3, 0.4) is 0 Å². The van der Waals surface area contributed by atoms with Gasteiger partial charge in [0.15, 0.2) is 0 Å². The summed E-state index contributed by atoms with van der Waals surface area (Å²) >= 11 is 0. The van der Waals surface area contributed by atoms with Gasteiger partial charge in [-0.2, -0.15) is 0 Å². The normalized spacial score (nSPS) is 15.3. The number of benzene rings is 4. The highest BCUT2D eigenvalue weighted by Gasteiger charge is 2.23. The van der Waals surface area contributed by atoms with Crippen molar-refractivity contribution in [2.75, 3.05) is 26.2 Å². The first kappa shape index (κ1) is 40.8. The molecule has 302 valence electrons. The van der Waals surface area contributed by atoms with E-state index in [9.17, 15) is 9.59 Å². The number of amides is 2. The molecule has 0 saturated carbocycles. The summed E-state index contributed by atoms with van der Waals surface area (Å²) in [7, 11) is 0. The molecule has 59 heavy (non-hydrogen) atoms. The molecule has 4 aromatic carbocycles. The molecule has 0 spiro atoms. The zero-order chi connectivity index (χ0) is 40.8. The van der Waals surface area contributed by atoms with Crippen LogP contribution >= 0.6 is 0 Å². The third kappa shape index (κ3) is 11.4. The molecule has 2 unspecified atom stereocenters. The Morgan fingerprint density at radius 2 is 1.32 bits per heavy atom. The van der Waals surface area contributed by atoms with Gasteiger partial charge in [0.1, 0.15) is 22.8 Å². The number of aromatic nitrogens is 2. The maximum Gasteiger partial charge on any atom is 0.254 e. The van der Waals surface area contributed by atoms with Crippen molar-refractivity contribution in [3.05, 3.63) is 178 Å². The monoisotopic (exact) mass is 788 g/mol. The maximum atomic E-state index is 11.6. The summed E-state index contributed by atoms with van der Waals surface area (Å²) in [6, 6.07) is 38.6. The van der Waals surface area contributed by atoms with Crippen LogP contribution in [0.5, 0.6) is 23.1 Å². The Hall–Kier alpha value is -6.36. The van der Waals surface area contributed by atoms with Crippen molar-refractivity contribution < 1.29 is 19.1 Å². The standard InChI is InChI=1S/C25H27N3O2.C24H25N3O2/c26-25(29)23-17-28-14-12-24(23)30-21-10-9-19-7-4-8-20(22(19)15-21)16-27-13-11-18-5-2-1-3-6-18;25-24(28)20-8-11-23(27-16-20)29-21-9-10-22-18(14-21)6-7-19(22)15-26-13-12-17-4-2-1-3-5-17/h1-3,5-6,9-10,12,14-15,17,20,27H,4,7-8,11,13,16H2,(H2,26,29);1-5,8-11,14,16,19,26H,6-7,12-13,15H2,(H2,25,28). The number of aryl methyl sites for hydroxylation is 2. The van der Waals surface area contributed by atoms with Crippen LogP contribution in [0.15, 0.2) is 134 Å². The van der Waals surface area contributed by atoms with Gasteiger partial charge < -0.3 is 31.6 Å². The number of nitrogens with two attached hydrogens (primary N) is 2. The quantitative estimate of drug-likeness (QED) is 0.0719. The molecule has 0 fully saturated rings. The molecule has 10 nitrogen and oxygen atoms in total. The number of primary amides is 2. The minimum atomic E-state index is -0.545. The predicted octanol–water partition coefficient (Wildman–Crippen LogP) is 8.06. The van der Waals surface area contributed by atoms with E-state index >= 15 is 0 Å². The van der Waals surface area contributed by atoms with Gasteiger partial charge in [-0.15, -0.1) is 0 Å². The second-order valence-corrected chi connectivity index (χ2v) is 15.1. The predicted molar refractivity (Wildman–Crippen MR) is 231 cm³/mol. The minimum absolute atomic E-state index is 0.286. The molecule has 10 heteroatoms. The number of carbonyl (C=O) groups excluding carboxylic acids is 2. The van der Waals surface area contributed by atoms with E-state index < -0.39 is 11.8 Å². The molecular formula is C49H52N6O4. The topological polar surface area (TPSA) is 154 Å². The summed E-state index contributed by atoms with van der Waals surface area (Å²) in [5.41, 5.74) is 19.5. The molecule has 6 N–H and O–H groups in total. The van der Waals surface area contributed by atoms with Gasteiger partial charge in [0.25, 0.3) is 5.91 Å². The van der Waals surface area contributed by atoms with E-state index in [-0.39, 0.29) is 5.56 Å². The van der Waals surface area contributed by atoms with E-state index in [1.165, 1.54) is 52.2 Å². The van der Waals surface area contributed by atoms with E-state index in [4.69, 9.17) is 20.9 Å². The molecule has 2 atom stereocenters. The third-order valence-electron chi connectivity index (χ3n) is 11.0. The SMILES string of the molecule is NC(=O)c1ccc(Oc2ccc3c(c2)CCC3CNCCc2ccccc2)nc1.NC(=O)c1cnccc1Oc1ccc2c(c1)C(CNCCc1ccccc1)CCC2. The second-order valence-electron chi connectivity index (χ2n) is 15.1. The van der Waals surface area contributed by atoms with E-state index in [0.717, 1.165) is 76.2 Å². The largest absolute Gasteiger partial charge is 0.456 e. The van der Waals surface area contributed by atoms with Crippen LogP contribution in [0.4, 0.5) is 0 Å². The molecule has 0 radical (unpaired) electrons. The van der Waals surface area contributed by atoms with Gasteiger partial charge in [-0.3, -0.25) is 14.6 Å². The molecule has 2 aromatic heterocycles. The smallest absolute Gasteiger partial charge is 0.254 e. The average molecular weight is 789 g/mol. The number of carbonyl (C=O) groups is 2. The molecule has 0 bridgehead atoms. The highest BCUT2D eigenvalue weighted by atomic mass is 16.5.